The number of alkyl halides is 26. The Kier molecular flexibility index (Phi) is 8.33. The van der Waals surface area contributed by atoms with Crippen LogP contribution in [0.5, 0.6) is 0 Å². The monoisotopic (exact) mass is 698 g/mol. The zero-order valence-corrected chi connectivity index (χ0v) is 17.4. The molecule has 0 spiro atoms. The predicted octanol–water partition coefficient (Wildman–Crippen LogP) is 8.89. The van der Waals surface area contributed by atoms with Gasteiger partial charge in [0.25, 0.3) is 0 Å². The second kappa shape index (κ2) is 8.61. The fourth-order valence-corrected chi connectivity index (χ4v) is 2.18. The van der Waals surface area contributed by atoms with Crippen molar-refractivity contribution in [3.8, 4) is 0 Å². The van der Waals surface area contributed by atoms with Crippen LogP contribution in [0.1, 0.15) is 0 Å². The van der Waals surface area contributed by atoms with Crippen molar-refractivity contribution >= 4 is 15.9 Å². The first-order valence-electron chi connectivity index (χ1n) is 7.66. The summed E-state index contributed by atoms with van der Waals surface area (Å²) < 4.78 is 324. The van der Waals surface area contributed by atoms with Crippen molar-refractivity contribution in [1.29, 1.82) is 0 Å². The lowest BCUT2D eigenvalue weighted by atomic mass is 9.85. The largest absolute Gasteiger partial charge is 0.460 e. The minimum atomic E-state index is -9.57. The number of hydrogen-bond acceptors (Lipinski definition) is 0. The van der Waals surface area contributed by atoms with E-state index >= 15 is 0 Å². The van der Waals surface area contributed by atoms with Crippen molar-refractivity contribution in [1.82, 2.24) is 0 Å². The van der Waals surface area contributed by atoms with Crippen molar-refractivity contribution in [2.75, 3.05) is 0 Å². The average Bonchev–Trinajstić information content (AvgIpc) is 2.64. The Hall–Kier alpha value is -1.27. The standard InChI is InChI=1S/C12BrF25/c13-11(34,35)9(30,31)7(26,27)5(22,23)3(18,19)1(14,15)2(16,17)4(20,21)6(24,25)8(28,29)10(32,33)12(36,37)38. The Morgan fingerprint density at radius 3 is 0.474 bits per heavy atom. The highest BCUT2D eigenvalue weighted by Gasteiger charge is 2.99. The topological polar surface area (TPSA) is 0 Å². The lowest BCUT2D eigenvalue weighted by molar-refractivity contribution is -0.480. The highest BCUT2D eigenvalue weighted by molar-refractivity contribution is 9.10. The normalized spacial score (nSPS) is 17.2. The zero-order chi connectivity index (χ0) is 32.0. The molecule has 0 aliphatic carbocycles. The third-order valence-corrected chi connectivity index (χ3v) is 4.76. The summed E-state index contributed by atoms with van der Waals surface area (Å²) in [4.78, 5) is -6.87. The zero-order valence-electron chi connectivity index (χ0n) is 15.8. The van der Waals surface area contributed by atoms with E-state index in [1.807, 2.05) is 0 Å². The van der Waals surface area contributed by atoms with Crippen molar-refractivity contribution < 1.29 is 110 Å². The van der Waals surface area contributed by atoms with Gasteiger partial charge >= 0.3 is 70.2 Å². The molecule has 0 fully saturated rings. The summed E-state index contributed by atoms with van der Waals surface area (Å²) in [5, 5.41) is 0. The molecule has 0 heterocycles. The Labute approximate surface area is 197 Å². The Morgan fingerprint density at radius 2 is 0.342 bits per heavy atom. The highest BCUT2D eigenvalue weighted by Crippen LogP contribution is 2.67. The van der Waals surface area contributed by atoms with Crippen LogP contribution in [0.25, 0.3) is 0 Å². The van der Waals surface area contributed by atoms with Crippen molar-refractivity contribution in [2.24, 2.45) is 0 Å². The van der Waals surface area contributed by atoms with Gasteiger partial charge in [-0.05, 0) is 15.9 Å². The van der Waals surface area contributed by atoms with Crippen LogP contribution in [0.4, 0.5) is 110 Å². The smallest absolute Gasteiger partial charge is 0.192 e. The third kappa shape index (κ3) is 4.14. The quantitative estimate of drug-likeness (QED) is 0.158. The van der Waals surface area contributed by atoms with Crippen LogP contribution in [0.15, 0.2) is 0 Å². The highest BCUT2D eigenvalue weighted by atomic mass is 79.9. The molecule has 0 aromatic rings. The molecule has 0 aliphatic heterocycles. The summed E-state index contributed by atoms with van der Waals surface area (Å²) in [6, 6.07) is 0. The summed E-state index contributed by atoms with van der Waals surface area (Å²) in [6.45, 7) is 0. The first kappa shape index (κ1) is 36.7. The second-order valence-corrected chi connectivity index (χ2v) is 7.74. The second-order valence-electron chi connectivity index (χ2n) is 6.74. The van der Waals surface area contributed by atoms with Crippen molar-refractivity contribution in [3.63, 3.8) is 0 Å². The molecular formula is C12BrF25. The molecule has 0 nitrogen and oxygen atoms in total. The molecule has 26 heteroatoms. The van der Waals surface area contributed by atoms with Crippen LogP contribution in [-0.2, 0) is 0 Å². The minimum absolute atomic E-state index is 0.157. The van der Waals surface area contributed by atoms with Gasteiger partial charge in [0.05, 0.1) is 0 Å². The van der Waals surface area contributed by atoms with Gasteiger partial charge in [-0.25, -0.2) is 0 Å². The summed E-state index contributed by atoms with van der Waals surface area (Å²) >= 11 is 0.157. The van der Waals surface area contributed by atoms with Gasteiger partial charge in [-0.1, -0.05) is 0 Å². The molecule has 0 saturated heterocycles. The van der Waals surface area contributed by atoms with Crippen LogP contribution in [0, 0.1) is 0 Å². The minimum Gasteiger partial charge on any atom is -0.192 e. The van der Waals surface area contributed by atoms with Gasteiger partial charge in [-0.3, -0.25) is 0 Å². The van der Waals surface area contributed by atoms with Crippen LogP contribution in [0.3, 0.4) is 0 Å². The number of rotatable bonds is 10. The Morgan fingerprint density at radius 1 is 0.211 bits per heavy atom. The van der Waals surface area contributed by atoms with Gasteiger partial charge in [0.1, 0.15) is 0 Å². The Balaban J connectivity index is 7.29. The fourth-order valence-electron chi connectivity index (χ4n) is 1.93. The van der Waals surface area contributed by atoms with E-state index in [0.29, 0.717) is 0 Å². The summed E-state index contributed by atoms with van der Waals surface area (Å²) in [5.41, 5.74) is 0. The molecule has 0 unspecified atom stereocenters. The predicted molar refractivity (Wildman–Crippen MR) is 69.4 cm³/mol. The average molecular weight is 699 g/mol. The van der Waals surface area contributed by atoms with E-state index in [1.54, 1.807) is 0 Å². The Bertz CT molecular complexity index is 798. The number of halogens is 26. The SMILES string of the molecule is FC(F)(F)C(F)(F)C(F)(F)C(F)(F)C(F)(F)C(F)(F)C(F)(F)C(F)(F)C(F)(F)C(F)(F)C(F)(F)C(F)(F)Br. The molecule has 0 aromatic carbocycles. The molecule has 0 aromatic heterocycles. The van der Waals surface area contributed by atoms with Gasteiger partial charge in [0.2, 0.25) is 0 Å². The summed E-state index contributed by atoms with van der Waals surface area (Å²) in [6.07, 6.45) is -8.15. The van der Waals surface area contributed by atoms with E-state index in [4.69, 9.17) is 0 Å². The number of hydrogen-bond donors (Lipinski definition) is 0. The summed E-state index contributed by atoms with van der Waals surface area (Å²) in [7, 11) is 0. The van der Waals surface area contributed by atoms with Gasteiger partial charge in [0.15, 0.2) is 0 Å². The van der Waals surface area contributed by atoms with Crippen molar-refractivity contribution in [2.45, 2.75) is 70.2 Å². The van der Waals surface area contributed by atoms with E-state index in [0.717, 1.165) is 0 Å². The maximum Gasteiger partial charge on any atom is 0.460 e. The van der Waals surface area contributed by atoms with Crippen LogP contribution in [-0.4, -0.2) is 70.2 Å². The van der Waals surface area contributed by atoms with Crippen molar-refractivity contribution in [3.05, 3.63) is 0 Å². The molecule has 0 atom stereocenters. The van der Waals surface area contributed by atoms with Crippen LogP contribution in [0.2, 0.25) is 0 Å². The van der Waals surface area contributed by atoms with Gasteiger partial charge in [-0.2, -0.15) is 110 Å². The van der Waals surface area contributed by atoms with Gasteiger partial charge < -0.3 is 0 Å². The van der Waals surface area contributed by atoms with E-state index < -0.39 is 70.2 Å². The first-order valence-corrected chi connectivity index (χ1v) is 8.46. The maximum absolute atomic E-state index is 13.4. The molecule has 230 valence electrons. The van der Waals surface area contributed by atoms with Gasteiger partial charge in [-0.15, -0.1) is 0 Å². The third-order valence-electron chi connectivity index (χ3n) is 4.26. The van der Waals surface area contributed by atoms with Crippen LogP contribution >= 0.6 is 15.9 Å². The van der Waals surface area contributed by atoms with E-state index in [1.165, 1.54) is 0 Å². The molecule has 38 heavy (non-hydrogen) atoms. The molecule has 0 radical (unpaired) electrons. The van der Waals surface area contributed by atoms with E-state index in [-0.39, 0.29) is 15.9 Å². The molecule has 0 saturated carbocycles. The summed E-state index contributed by atoms with van der Waals surface area (Å²) in [5.74, 6) is -91.1. The molecule has 0 N–H and O–H groups in total. The molecular weight excluding hydrogens is 699 g/mol. The lowest BCUT2D eigenvalue weighted by Crippen LogP contribution is -2.78. The lowest BCUT2D eigenvalue weighted by Gasteiger charge is -2.45. The molecule has 0 aliphatic rings. The fraction of sp³-hybridized carbons (Fsp3) is 1.00. The van der Waals surface area contributed by atoms with E-state index in [9.17, 15) is 110 Å². The first-order chi connectivity index (χ1) is 15.8. The molecule has 0 rings (SSSR count). The van der Waals surface area contributed by atoms with Gasteiger partial charge in [0, 0.05) is 0 Å². The van der Waals surface area contributed by atoms with E-state index in [2.05, 4.69) is 0 Å². The van der Waals surface area contributed by atoms with Crippen LogP contribution < -0.4 is 0 Å². The molecule has 0 amide bonds. The maximum atomic E-state index is 13.4. The molecule has 0 bridgehead atoms.